The van der Waals surface area contributed by atoms with Crippen molar-refractivity contribution >= 4 is 0 Å². The number of methoxy groups -OCH3 is 1. The van der Waals surface area contributed by atoms with Crippen molar-refractivity contribution in [1.29, 1.82) is 0 Å². The van der Waals surface area contributed by atoms with Crippen LogP contribution in [0.1, 0.15) is 6.42 Å². The molecule has 2 nitrogen and oxygen atoms in total. The maximum absolute atomic E-state index is 5.29. The van der Waals surface area contributed by atoms with Gasteiger partial charge in [-0.25, -0.2) is 0 Å². The lowest BCUT2D eigenvalue weighted by atomic mass is 10.3. The fraction of sp³-hybridized carbons (Fsp3) is 1.00. The molecule has 52 valence electrons. The van der Waals surface area contributed by atoms with Gasteiger partial charge in [0.25, 0.3) is 0 Å². The molecule has 0 bridgehead atoms. The fourth-order valence-electron chi connectivity index (χ4n) is 1.91. The van der Waals surface area contributed by atoms with E-state index in [-0.39, 0.29) is 0 Å². The maximum Gasteiger partial charge on any atom is 0.0741 e. The van der Waals surface area contributed by atoms with Gasteiger partial charge >= 0.3 is 0 Å². The predicted octanol–water partition coefficient (Wildman–Crippen LogP) is 0.335. The Hall–Kier alpha value is -0.0800. The van der Waals surface area contributed by atoms with Gasteiger partial charge in [-0.1, -0.05) is 0 Å². The molecule has 2 heteroatoms. The third-order valence-electron chi connectivity index (χ3n) is 2.62. The van der Waals surface area contributed by atoms with Crippen LogP contribution < -0.4 is 0 Å². The first-order valence-electron chi connectivity index (χ1n) is 3.56. The van der Waals surface area contributed by atoms with E-state index in [9.17, 15) is 0 Å². The van der Waals surface area contributed by atoms with Crippen LogP contribution in [0, 0.1) is 5.92 Å². The van der Waals surface area contributed by atoms with Crippen molar-refractivity contribution in [1.82, 2.24) is 4.90 Å². The Morgan fingerprint density at radius 1 is 1.56 bits per heavy atom. The topological polar surface area (TPSA) is 12.5 Å². The lowest BCUT2D eigenvalue weighted by Gasteiger charge is -2.13. The van der Waals surface area contributed by atoms with E-state index in [2.05, 4.69) is 11.9 Å². The van der Waals surface area contributed by atoms with Crippen molar-refractivity contribution < 1.29 is 4.74 Å². The Labute approximate surface area is 55.8 Å². The van der Waals surface area contributed by atoms with E-state index in [1.165, 1.54) is 6.42 Å². The molecule has 0 amide bonds. The summed E-state index contributed by atoms with van der Waals surface area (Å²) in [7, 11) is 4.00. The number of likely N-dealkylation sites (N-methyl/N-ethyl adjacent to an activating group) is 1. The fourth-order valence-corrected chi connectivity index (χ4v) is 1.91. The zero-order valence-electron chi connectivity index (χ0n) is 6.00. The van der Waals surface area contributed by atoms with Gasteiger partial charge in [0.05, 0.1) is 6.10 Å². The summed E-state index contributed by atoms with van der Waals surface area (Å²) in [4.78, 5) is 2.40. The number of likely N-dealkylation sites (tertiary alicyclic amines) is 1. The second-order valence-corrected chi connectivity index (χ2v) is 3.18. The van der Waals surface area contributed by atoms with Gasteiger partial charge in [-0.2, -0.15) is 0 Å². The highest BCUT2D eigenvalue weighted by Crippen LogP contribution is 2.44. The average Bonchev–Trinajstić information content (AvgIpc) is 2.56. The van der Waals surface area contributed by atoms with Crippen LogP contribution in [0.4, 0.5) is 0 Å². The van der Waals surface area contributed by atoms with Crippen molar-refractivity contribution in [3.63, 3.8) is 0 Å². The Bertz CT molecular complexity index is 126. The second kappa shape index (κ2) is 1.70. The first-order chi connectivity index (χ1) is 4.33. The number of rotatable bonds is 1. The molecular formula is C7H13NO. The molecule has 2 aliphatic rings. The molecule has 0 aromatic heterocycles. The molecule has 1 saturated heterocycles. The lowest BCUT2D eigenvalue weighted by Crippen LogP contribution is -2.23. The molecular weight excluding hydrogens is 114 g/mol. The van der Waals surface area contributed by atoms with E-state index >= 15 is 0 Å². The summed E-state index contributed by atoms with van der Waals surface area (Å²) in [6, 6.07) is 0.870. The SMILES string of the molecule is COC1CN(C)C2CC12. The van der Waals surface area contributed by atoms with Crippen molar-refractivity contribution in [3.8, 4) is 0 Å². The van der Waals surface area contributed by atoms with E-state index < -0.39 is 0 Å². The molecule has 3 atom stereocenters. The third-order valence-corrected chi connectivity index (χ3v) is 2.62. The van der Waals surface area contributed by atoms with E-state index in [1.54, 1.807) is 0 Å². The van der Waals surface area contributed by atoms with E-state index in [0.717, 1.165) is 18.5 Å². The normalized spacial score (nSPS) is 49.3. The minimum absolute atomic E-state index is 0.542. The summed E-state index contributed by atoms with van der Waals surface area (Å²) in [5, 5.41) is 0. The molecule has 1 heterocycles. The second-order valence-electron chi connectivity index (χ2n) is 3.18. The van der Waals surface area contributed by atoms with E-state index in [4.69, 9.17) is 4.74 Å². The monoisotopic (exact) mass is 127 g/mol. The van der Waals surface area contributed by atoms with Gasteiger partial charge in [0, 0.05) is 25.6 Å². The van der Waals surface area contributed by atoms with Crippen LogP contribution in [-0.4, -0.2) is 37.7 Å². The molecule has 9 heavy (non-hydrogen) atoms. The number of hydrogen-bond donors (Lipinski definition) is 0. The zero-order chi connectivity index (χ0) is 6.43. The highest BCUT2D eigenvalue weighted by atomic mass is 16.5. The number of ether oxygens (including phenoxy) is 1. The van der Waals surface area contributed by atoms with Crippen LogP contribution in [0.5, 0.6) is 0 Å². The van der Waals surface area contributed by atoms with Crippen molar-refractivity contribution in [2.24, 2.45) is 5.92 Å². The predicted molar refractivity (Wildman–Crippen MR) is 35.3 cm³/mol. The molecule has 1 saturated carbocycles. The van der Waals surface area contributed by atoms with Gasteiger partial charge in [0.15, 0.2) is 0 Å². The van der Waals surface area contributed by atoms with Gasteiger partial charge in [0.1, 0.15) is 0 Å². The Morgan fingerprint density at radius 2 is 2.33 bits per heavy atom. The highest BCUT2D eigenvalue weighted by Gasteiger charge is 2.51. The quantitative estimate of drug-likeness (QED) is 0.503. The van der Waals surface area contributed by atoms with Crippen LogP contribution in [0.25, 0.3) is 0 Å². The third kappa shape index (κ3) is 0.700. The van der Waals surface area contributed by atoms with Gasteiger partial charge < -0.3 is 9.64 Å². The summed E-state index contributed by atoms with van der Waals surface area (Å²) >= 11 is 0. The number of nitrogens with zero attached hydrogens (tertiary/aromatic N) is 1. The number of hydrogen-bond acceptors (Lipinski definition) is 2. The van der Waals surface area contributed by atoms with Crippen LogP contribution in [0.15, 0.2) is 0 Å². The van der Waals surface area contributed by atoms with E-state index in [1.807, 2.05) is 7.11 Å². The first kappa shape index (κ1) is 5.69. The summed E-state index contributed by atoms with van der Waals surface area (Å²) in [6.07, 6.45) is 1.91. The van der Waals surface area contributed by atoms with Gasteiger partial charge in [-0.3, -0.25) is 0 Å². The standard InChI is InChI=1S/C7H13NO/c1-8-4-7(9-2)5-3-6(5)8/h5-7H,3-4H2,1-2H3. The number of fused-ring (bicyclic) bond motifs is 1. The summed E-state index contributed by atoms with van der Waals surface area (Å²) < 4.78 is 5.29. The Morgan fingerprint density at radius 3 is 2.56 bits per heavy atom. The Balaban J connectivity index is 2.00. The first-order valence-corrected chi connectivity index (χ1v) is 3.56. The van der Waals surface area contributed by atoms with Crippen molar-refractivity contribution in [3.05, 3.63) is 0 Å². The molecule has 0 aromatic carbocycles. The molecule has 3 unspecified atom stereocenters. The zero-order valence-corrected chi connectivity index (χ0v) is 6.00. The summed E-state index contributed by atoms with van der Waals surface area (Å²) in [5.41, 5.74) is 0. The van der Waals surface area contributed by atoms with E-state index in [0.29, 0.717) is 6.10 Å². The minimum atomic E-state index is 0.542. The molecule has 0 aromatic rings. The summed E-state index contributed by atoms with van der Waals surface area (Å²) in [6.45, 7) is 1.14. The van der Waals surface area contributed by atoms with Gasteiger partial charge in [-0.15, -0.1) is 0 Å². The minimum Gasteiger partial charge on any atom is -0.380 e. The highest BCUT2D eigenvalue weighted by molar-refractivity contribution is 5.05. The maximum atomic E-state index is 5.29. The van der Waals surface area contributed by atoms with Crippen molar-refractivity contribution in [2.75, 3.05) is 20.7 Å². The summed E-state index contributed by atoms with van der Waals surface area (Å²) in [5.74, 6) is 0.875. The lowest BCUT2D eigenvalue weighted by molar-refractivity contribution is 0.0879. The average molecular weight is 127 g/mol. The molecule has 1 aliphatic carbocycles. The molecule has 0 N–H and O–H groups in total. The van der Waals surface area contributed by atoms with Crippen molar-refractivity contribution in [2.45, 2.75) is 18.6 Å². The smallest absolute Gasteiger partial charge is 0.0741 e. The van der Waals surface area contributed by atoms with Gasteiger partial charge in [-0.05, 0) is 13.5 Å². The molecule has 2 rings (SSSR count). The molecule has 0 spiro atoms. The molecule has 1 aliphatic heterocycles. The van der Waals surface area contributed by atoms with Crippen LogP contribution in [-0.2, 0) is 4.74 Å². The number of piperidine rings is 1. The largest absolute Gasteiger partial charge is 0.380 e. The molecule has 2 fully saturated rings. The molecule has 0 radical (unpaired) electrons. The van der Waals surface area contributed by atoms with Crippen LogP contribution >= 0.6 is 0 Å². The van der Waals surface area contributed by atoms with Crippen LogP contribution in [0.3, 0.4) is 0 Å². The van der Waals surface area contributed by atoms with Crippen LogP contribution in [0.2, 0.25) is 0 Å². The Kier molecular flexibility index (Phi) is 1.08. The van der Waals surface area contributed by atoms with Gasteiger partial charge in [0.2, 0.25) is 0 Å².